The maximum atomic E-state index is 13.6. The average molecular weight is 495 g/mol. The summed E-state index contributed by atoms with van der Waals surface area (Å²) >= 11 is 5.16. The molecule has 5 nitrogen and oxygen atoms in total. The van der Waals surface area contributed by atoms with Crippen LogP contribution < -0.4 is 0 Å². The van der Waals surface area contributed by atoms with Crippen molar-refractivity contribution in [2.24, 2.45) is 0 Å². The predicted octanol–water partition coefficient (Wildman–Crippen LogP) is 5.46. The van der Waals surface area contributed by atoms with E-state index in [2.05, 4.69) is 62.0 Å². The van der Waals surface area contributed by atoms with Gasteiger partial charge in [-0.05, 0) is 59.3 Å². The van der Waals surface area contributed by atoms with Crippen molar-refractivity contribution in [2.45, 2.75) is 42.9 Å². The lowest BCUT2D eigenvalue weighted by atomic mass is 10.1. The van der Waals surface area contributed by atoms with Crippen LogP contribution >= 0.6 is 34.4 Å². The summed E-state index contributed by atoms with van der Waals surface area (Å²) in [5, 5.41) is 6.60. The molecule has 1 amide bonds. The molecule has 33 heavy (non-hydrogen) atoms. The van der Waals surface area contributed by atoms with Crippen LogP contribution in [0.1, 0.15) is 22.6 Å². The number of carbonyl (C=O) groups is 1. The van der Waals surface area contributed by atoms with E-state index in [0.29, 0.717) is 6.54 Å². The summed E-state index contributed by atoms with van der Waals surface area (Å²) in [6, 6.07) is 14.5. The van der Waals surface area contributed by atoms with Crippen molar-refractivity contribution >= 4 is 50.4 Å². The molecule has 1 saturated heterocycles. The van der Waals surface area contributed by atoms with Crippen molar-refractivity contribution in [2.75, 3.05) is 13.6 Å². The number of nitrogens with zero attached hydrogens (tertiary/aromatic N) is 4. The summed E-state index contributed by atoms with van der Waals surface area (Å²) in [5.41, 5.74) is 2.23. The number of hydrogen-bond acceptors (Lipinski definition) is 7. The number of hydrogen-bond donors (Lipinski definition) is 0. The molecule has 4 aromatic rings. The largest absolute Gasteiger partial charge is 0.339 e. The van der Waals surface area contributed by atoms with Crippen molar-refractivity contribution in [1.29, 1.82) is 0 Å². The first kappa shape index (κ1) is 22.5. The zero-order chi connectivity index (χ0) is 22.8. The Kier molecular flexibility index (Phi) is 6.78. The number of amides is 1. The monoisotopic (exact) mass is 494 g/mol. The van der Waals surface area contributed by atoms with Gasteiger partial charge in [-0.2, -0.15) is 11.3 Å². The van der Waals surface area contributed by atoms with Gasteiger partial charge in [-0.15, -0.1) is 11.3 Å². The van der Waals surface area contributed by atoms with Crippen LogP contribution in [0.3, 0.4) is 0 Å². The SMILES string of the molecule is Cc1ccnc(S[C@@H]2C[C@@H](C(=O)N(C)Cc3cc4ccccc4s3)N(Cc3ccsc3)C2)n1. The highest BCUT2D eigenvalue weighted by Gasteiger charge is 2.39. The molecule has 0 aliphatic carbocycles. The van der Waals surface area contributed by atoms with Crippen LogP contribution in [-0.2, 0) is 17.9 Å². The second-order valence-electron chi connectivity index (χ2n) is 8.48. The molecule has 0 unspecified atom stereocenters. The number of fused-ring (bicyclic) bond motifs is 1. The maximum absolute atomic E-state index is 13.6. The van der Waals surface area contributed by atoms with Gasteiger partial charge in [0.05, 0.1) is 12.6 Å². The normalized spacial score (nSPS) is 18.7. The molecule has 0 saturated carbocycles. The van der Waals surface area contributed by atoms with E-state index < -0.39 is 0 Å². The van der Waals surface area contributed by atoms with Gasteiger partial charge in [0.15, 0.2) is 5.16 Å². The number of benzene rings is 1. The Morgan fingerprint density at radius 2 is 2.15 bits per heavy atom. The van der Waals surface area contributed by atoms with Crippen LogP contribution in [0, 0.1) is 6.92 Å². The molecule has 1 fully saturated rings. The molecule has 0 N–H and O–H groups in total. The lowest BCUT2D eigenvalue weighted by Crippen LogP contribution is -2.43. The molecule has 4 heterocycles. The summed E-state index contributed by atoms with van der Waals surface area (Å²) < 4.78 is 1.27. The van der Waals surface area contributed by atoms with E-state index in [9.17, 15) is 4.79 Å². The van der Waals surface area contributed by atoms with E-state index in [-0.39, 0.29) is 17.2 Å². The molecular formula is C25H26N4OS3. The van der Waals surface area contributed by atoms with E-state index in [4.69, 9.17) is 0 Å². The third-order valence-electron chi connectivity index (χ3n) is 5.91. The van der Waals surface area contributed by atoms with Gasteiger partial charge in [-0.3, -0.25) is 9.69 Å². The fourth-order valence-electron chi connectivity index (χ4n) is 4.31. The third-order valence-corrected chi connectivity index (χ3v) is 8.82. The van der Waals surface area contributed by atoms with Crippen LogP contribution in [0.5, 0.6) is 0 Å². The standard InChI is InChI=1S/C25H26N4OS3/c1-17-7-9-26-25(27-17)33-21-12-22(29(15-21)13-18-8-10-31-16-18)24(30)28(2)14-20-11-19-5-3-4-6-23(19)32-20/h3-11,16,21-22H,12-15H2,1-2H3/t21-,22+/m1/s1. The summed E-state index contributed by atoms with van der Waals surface area (Å²) in [6.07, 6.45) is 2.62. The molecular weight excluding hydrogens is 469 g/mol. The van der Waals surface area contributed by atoms with Crippen molar-refractivity contribution in [3.05, 3.63) is 75.6 Å². The Labute approximate surface area is 206 Å². The predicted molar refractivity (Wildman–Crippen MR) is 138 cm³/mol. The van der Waals surface area contributed by atoms with Gasteiger partial charge in [0.1, 0.15) is 0 Å². The zero-order valence-corrected chi connectivity index (χ0v) is 21.1. The van der Waals surface area contributed by atoms with Crippen LogP contribution in [0.25, 0.3) is 10.1 Å². The van der Waals surface area contributed by atoms with E-state index >= 15 is 0 Å². The first-order chi connectivity index (χ1) is 16.0. The van der Waals surface area contributed by atoms with E-state index in [1.54, 1.807) is 34.4 Å². The fraction of sp³-hybridized carbons (Fsp3) is 0.320. The lowest BCUT2D eigenvalue weighted by Gasteiger charge is -2.27. The average Bonchev–Trinajstić information content (AvgIpc) is 3.53. The number of rotatable bonds is 7. The quantitative estimate of drug-likeness (QED) is 0.320. The molecule has 1 aliphatic rings. The molecule has 0 spiro atoms. The highest BCUT2D eigenvalue weighted by molar-refractivity contribution is 7.99. The number of likely N-dealkylation sites (N-methyl/N-ethyl adjacent to an activating group) is 1. The van der Waals surface area contributed by atoms with Gasteiger partial charge in [-0.25, -0.2) is 9.97 Å². The second-order valence-corrected chi connectivity index (χ2v) is 11.7. The van der Waals surface area contributed by atoms with Gasteiger partial charge in [-0.1, -0.05) is 30.0 Å². The molecule has 170 valence electrons. The summed E-state index contributed by atoms with van der Waals surface area (Å²) in [6.45, 7) is 4.27. The van der Waals surface area contributed by atoms with Gasteiger partial charge in [0.25, 0.3) is 0 Å². The Balaban J connectivity index is 1.31. The van der Waals surface area contributed by atoms with Gasteiger partial charge >= 0.3 is 0 Å². The molecule has 0 bridgehead atoms. The van der Waals surface area contributed by atoms with Crippen molar-refractivity contribution in [3.63, 3.8) is 0 Å². The molecule has 5 rings (SSSR count). The Morgan fingerprint density at radius 1 is 1.27 bits per heavy atom. The van der Waals surface area contributed by atoms with E-state index in [1.165, 1.54) is 20.5 Å². The highest BCUT2D eigenvalue weighted by Crippen LogP contribution is 2.34. The van der Waals surface area contributed by atoms with E-state index in [0.717, 1.165) is 30.4 Å². The molecule has 8 heteroatoms. The summed E-state index contributed by atoms with van der Waals surface area (Å²) in [4.78, 5) is 28.0. The molecule has 1 aliphatic heterocycles. The molecule has 3 aromatic heterocycles. The van der Waals surface area contributed by atoms with Gasteiger partial charge in [0, 0.05) is 46.9 Å². The lowest BCUT2D eigenvalue weighted by molar-refractivity contribution is -0.135. The number of aromatic nitrogens is 2. The first-order valence-electron chi connectivity index (χ1n) is 11.0. The van der Waals surface area contributed by atoms with Crippen LogP contribution in [0.15, 0.2) is 64.6 Å². The smallest absolute Gasteiger partial charge is 0.240 e. The topological polar surface area (TPSA) is 49.3 Å². The van der Waals surface area contributed by atoms with E-state index in [1.807, 2.05) is 31.1 Å². The number of thiophene rings is 2. The zero-order valence-electron chi connectivity index (χ0n) is 18.7. The second kappa shape index (κ2) is 9.93. The first-order valence-corrected chi connectivity index (χ1v) is 13.6. The van der Waals surface area contributed by atoms with Crippen LogP contribution in [0.4, 0.5) is 0 Å². The van der Waals surface area contributed by atoms with Crippen LogP contribution in [-0.4, -0.2) is 50.6 Å². The van der Waals surface area contributed by atoms with Gasteiger partial charge < -0.3 is 4.90 Å². The minimum absolute atomic E-state index is 0.133. The minimum Gasteiger partial charge on any atom is -0.339 e. The minimum atomic E-state index is -0.133. The van der Waals surface area contributed by atoms with Crippen molar-refractivity contribution in [1.82, 2.24) is 19.8 Å². The maximum Gasteiger partial charge on any atom is 0.240 e. The van der Waals surface area contributed by atoms with Crippen molar-refractivity contribution < 1.29 is 4.79 Å². The number of carbonyl (C=O) groups excluding carboxylic acids is 1. The molecule has 0 radical (unpaired) electrons. The fourth-order valence-corrected chi connectivity index (χ4v) is 7.25. The Bertz CT molecular complexity index is 1210. The number of aryl methyl sites for hydroxylation is 1. The van der Waals surface area contributed by atoms with Crippen LogP contribution in [0.2, 0.25) is 0 Å². The Morgan fingerprint density at radius 3 is 2.94 bits per heavy atom. The Hall–Kier alpha value is -2.26. The number of thioether (sulfide) groups is 1. The molecule has 1 aromatic carbocycles. The number of likely N-dealkylation sites (tertiary alicyclic amines) is 1. The highest BCUT2D eigenvalue weighted by atomic mass is 32.2. The van der Waals surface area contributed by atoms with Crippen molar-refractivity contribution in [3.8, 4) is 0 Å². The van der Waals surface area contributed by atoms with Gasteiger partial charge in [0.2, 0.25) is 5.91 Å². The summed E-state index contributed by atoms with van der Waals surface area (Å²) in [5.74, 6) is 0.191. The third kappa shape index (κ3) is 5.30. The summed E-state index contributed by atoms with van der Waals surface area (Å²) in [7, 11) is 1.93. The molecule has 2 atom stereocenters.